The number of carbonyl (C=O) groups excluding carboxylic acids is 1. The van der Waals surface area contributed by atoms with Crippen LogP contribution in [0.1, 0.15) is 28.9 Å². The van der Waals surface area contributed by atoms with Crippen LogP contribution < -0.4 is 0 Å². The van der Waals surface area contributed by atoms with E-state index in [1.807, 2.05) is 11.0 Å². The second-order valence-corrected chi connectivity index (χ2v) is 5.13. The lowest BCUT2D eigenvalue weighted by atomic mass is 10.1. The van der Waals surface area contributed by atoms with E-state index in [1.165, 1.54) is 25.6 Å². The number of hydrogen-bond donors (Lipinski definition) is 0. The van der Waals surface area contributed by atoms with E-state index in [2.05, 4.69) is 9.88 Å². The highest BCUT2D eigenvalue weighted by molar-refractivity contribution is 5.92. The maximum absolute atomic E-state index is 12.3. The van der Waals surface area contributed by atoms with Crippen molar-refractivity contribution in [3.8, 4) is 6.07 Å². The zero-order valence-corrected chi connectivity index (χ0v) is 10.7. The molecule has 2 saturated heterocycles. The number of pyridine rings is 1. The molecule has 0 spiro atoms. The Morgan fingerprint density at radius 2 is 2.26 bits per heavy atom. The Bertz CT molecular complexity index is 519. The summed E-state index contributed by atoms with van der Waals surface area (Å²) in [5, 5.41) is 8.73. The van der Waals surface area contributed by atoms with Gasteiger partial charge in [-0.2, -0.15) is 5.26 Å². The van der Waals surface area contributed by atoms with Crippen molar-refractivity contribution in [3.05, 3.63) is 29.6 Å². The SMILES string of the molecule is N#Cc1ccc(C(=O)N2CCN3CCCC3C2)nc1. The van der Waals surface area contributed by atoms with Gasteiger partial charge in [0, 0.05) is 31.9 Å². The van der Waals surface area contributed by atoms with Crippen molar-refractivity contribution in [2.45, 2.75) is 18.9 Å². The summed E-state index contributed by atoms with van der Waals surface area (Å²) < 4.78 is 0. The van der Waals surface area contributed by atoms with Crippen molar-refractivity contribution in [1.82, 2.24) is 14.8 Å². The van der Waals surface area contributed by atoms with Crippen molar-refractivity contribution < 1.29 is 4.79 Å². The summed E-state index contributed by atoms with van der Waals surface area (Å²) in [5.74, 6) is -0.0176. The van der Waals surface area contributed by atoms with Gasteiger partial charge in [-0.1, -0.05) is 0 Å². The van der Waals surface area contributed by atoms with Crippen LogP contribution in [0.15, 0.2) is 18.3 Å². The third kappa shape index (κ3) is 2.32. The maximum Gasteiger partial charge on any atom is 0.272 e. The van der Waals surface area contributed by atoms with E-state index < -0.39 is 0 Å². The molecule has 3 rings (SSSR count). The summed E-state index contributed by atoms with van der Waals surface area (Å²) in [5.41, 5.74) is 0.919. The smallest absolute Gasteiger partial charge is 0.272 e. The van der Waals surface area contributed by atoms with Crippen molar-refractivity contribution in [2.24, 2.45) is 0 Å². The van der Waals surface area contributed by atoms with Crippen molar-refractivity contribution >= 4 is 5.91 Å². The lowest BCUT2D eigenvalue weighted by Crippen LogP contribution is -2.52. The van der Waals surface area contributed by atoms with Crippen LogP contribution in [0.25, 0.3) is 0 Å². The lowest BCUT2D eigenvalue weighted by molar-refractivity contribution is 0.0566. The molecule has 0 aliphatic carbocycles. The number of nitriles is 1. The van der Waals surface area contributed by atoms with Crippen LogP contribution in [0.5, 0.6) is 0 Å². The predicted octanol–water partition coefficient (Wildman–Crippen LogP) is 0.873. The van der Waals surface area contributed by atoms with Crippen LogP contribution in [0.3, 0.4) is 0 Å². The van der Waals surface area contributed by atoms with Gasteiger partial charge in [-0.25, -0.2) is 4.98 Å². The number of amides is 1. The molecular formula is C14H16N4O. The lowest BCUT2D eigenvalue weighted by Gasteiger charge is -2.37. The molecule has 0 aromatic carbocycles. The number of aromatic nitrogens is 1. The molecule has 0 bridgehead atoms. The second kappa shape index (κ2) is 4.98. The number of hydrogen-bond acceptors (Lipinski definition) is 4. The minimum Gasteiger partial charge on any atom is -0.334 e. The van der Waals surface area contributed by atoms with Crippen LogP contribution in [0, 0.1) is 11.3 Å². The van der Waals surface area contributed by atoms with Crippen LogP contribution in [0.2, 0.25) is 0 Å². The fourth-order valence-electron chi connectivity index (χ4n) is 2.92. The first-order chi connectivity index (χ1) is 9.28. The van der Waals surface area contributed by atoms with E-state index in [0.29, 0.717) is 17.3 Å². The molecule has 3 heterocycles. The third-order valence-corrected chi connectivity index (χ3v) is 3.99. The van der Waals surface area contributed by atoms with Crippen molar-refractivity contribution in [2.75, 3.05) is 26.2 Å². The van der Waals surface area contributed by atoms with Gasteiger partial charge >= 0.3 is 0 Å². The average molecular weight is 256 g/mol. The van der Waals surface area contributed by atoms with E-state index in [0.717, 1.165) is 19.6 Å². The maximum atomic E-state index is 12.3. The Labute approximate surface area is 112 Å². The first kappa shape index (κ1) is 12.1. The normalized spacial score (nSPS) is 22.9. The number of fused-ring (bicyclic) bond motifs is 1. The minimum absolute atomic E-state index is 0.0176. The van der Waals surface area contributed by atoms with Gasteiger partial charge in [0.1, 0.15) is 11.8 Å². The van der Waals surface area contributed by atoms with Crippen LogP contribution in [-0.4, -0.2) is 52.9 Å². The fraction of sp³-hybridized carbons (Fsp3) is 0.500. The van der Waals surface area contributed by atoms with Crippen LogP contribution in [0.4, 0.5) is 0 Å². The molecule has 1 aromatic rings. The first-order valence-electron chi connectivity index (χ1n) is 6.67. The Hall–Kier alpha value is -1.93. The molecule has 1 atom stereocenters. The Balaban J connectivity index is 1.71. The molecular weight excluding hydrogens is 240 g/mol. The number of nitrogens with zero attached hydrogens (tertiary/aromatic N) is 4. The standard InChI is InChI=1S/C14H16N4O/c15-8-11-3-4-13(16-9-11)14(19)18-7-6-17-5-1-2-12(17)10-18/h3-4,9,12H,1-2,5-7,10H2. The highest BCUT2D eigenvalue weighted by Gasteiger charge is 2.32. The van der Waals surface area contributed by atoms with Gasteiger partial charge in [0.05, 0.1) is 5.56 Å². The van der Waals surface area contributed by atoms with Gasteiger partial charge in [-0.15, -0.1) is 0 Å². The summed E-state index contributed by atoms with van der Waals surface area (Å²) in [4.78, 5) is 20.8. The Morgan fingerprint density at radius 3 is 3.00 bits per heavy atom. The van der Waals surface area contributed by atoms with Gasteiger partial charge < -0.3 is 4.90 Å². The van der Waals surface area contributed by atoms with Gasteiger partial charge in [0.25, 0.3) is 5.91 Å². The number of rotatable bonds is 1. The average Bonchev–Trinajstić information content (AvgIpc) is 2.94. The molecule has 19 heavy (non-hydrogen) atoms. The molecule has 2 aliphatic heterocycles. The monoisotopic (exact) mass is 256 g/mol. The summed E-state index contributed by atoms with van der Waals surface area (Å²) in [6.07, 6.45) is 3.88. The molecule has 0 radical (unpaired) electrons. The Kier molecular flexibility index (Phi) is 3.18. The minimum atomic E-state index is -0.0176. The molecule has 0 N–H and O–H groups in total. The molecule has 2 aliphatic rings. The number of piperazine rings is 1. The highest BCUT2D eigenvalue weighted by Crippen LogP contribution is 2.22. The predicted molar refractivity (Wildman–Crippen MR) is 69.5 cm³/mol. The van der Waals surface area contributed by atoms with E-state index >= 15 is 0 Å². The molecule has 1 aromatic heterocycles. The first-order valence-corrected chi connectivity index (χ1v) is 6.67. The molecule has 1 amide bonds. The Morgan fingerprint density at radius 1 is 1.37 bits per heavy atom. The molecule has 98 valence electrons. The molecule has 1 unspecified atom stereocenters. The van der Waals surface area contributed by atoms with Gasteiger partial charge in [0.2, 0.25) is 0 Å². The zero-order valence-electron chi connectivity index (χ0n) is 10.7. The fourth-order valence-corrected chi connectivity index (χ4v) is 2.92. The third-order valence-electron chi connectivity index (χ3n) is 3.99. The summed E-state index contributed by atoms with van der Waals surface area (Å²) in [6.45, 7) is 3.71. The van der Waals surface area contributed by atoms with Crippen LogP contribution in [-0.2, 0) is 0 Å². The van der Waals surface area contributed by atoms with E-state index in [-0.39, 0.29) is 5.91 Å². The van der Waals surface area contributed by atoms with E-state index in [9.17, 15) is 4.79 Å². The van der Waals surface area contributed by atoms with Crippen molar-refractivity contribution in [1.29, 1.82) is 5.26 Å². The molecule has 0 saturated carbocycles. The molecule has 5 heteroatoms. The summed E-state index contributed by atoms with van der Waals surface area (Å²) in [7, 11) is 0. The van der Waals surface area contributed by atoms with Crippen molar-refractivity contribution in [3.63, 3.8) is 0 Å². The van der Waals surface area contributed by atoms with Gasteiger partial charge in [-0.3, -0.25) is 9.69 Å². The topological polar surface area (TPSA) is 60.2 Å². The summed E-state index contributed by atoms with van der Waals surface area (Å²) >= 11 is 0. The molecule has 2 fully saturated rings. The van der Waals surface area contributed by atoms with Gasteiger partial charge in [-0.05, 0) is 31.5 Å². The zero-order chi connectivity index (χ0) is 13.2. The van der Waals surface area contributed by atoms with Crippen LogP contribution >= 0.6 is 0 Å². The molecule has 5 nitrogen and oxygen atoms in total. The second-order valence-electron chi connectivity index (χ2n) is 5.13. The van der Waals surface area contributed by atoms with E-state index in [1.54, 1.807) is 12.1 Å². The van der Waals surface area contributed by atoms with E-state index in [4.69, 9.17) is 5.26 Å². The van der Waals surface area contributed by atoms with Gasteiger partial charge in [0.15, 0.2) is 0 Å². The number of carbonyl (C=O) groups is 1. The largest absolute Gasteiger partial charge is 0.334 e. The highest BCUT2D eigenvalue weighted by atomic mass is 16.2. The quantitative estimate of drug-likeness (QED) is 0.748. The summed E-state index contributed by atoms with van der Waals surface area (Å²) in [6, 6.07) is 5.82.